The predicted molar refractivity (Wildman–Crippen MR) is 156 cm³/mol. The number of fused-ring (bicyclic) bond motifs is 1. The van der Waals surface area contributed by atoms with E-state index < -0.39 is 11.9 Å². The summed E-state index contributed by atoms with van der Waals surface area (Å²) in [5.41, 5.74) is 1.83. The van der Waals surface area contributed by atoms with Gasteiger partial charge in [-0.25, -0.2) is 0 Å². The van der Waals surface area contributed by atoms with Crippen LogP contribution in [-0.4, -0.2) is 80.0 Å². The van der Waals surface area contributed by atoms with Crippen molar-refractivity contribution < 1.29 is 33.6 Å². The number of nitrogens with zero attached hydrogens (tertiary/aromatic N) is 2. The second-order valence-corrected chi connectivity index (χ2v) is 10.9. The third-order valence-electron chi connectivity index (χ3n) is 8.30. The zero-order valence-electron chi connectivity index (χ0n) is 24.8. The Morgan fingerprint density at radius 2 is 1.73 bits per heavy atom. The summed E-state index contributed by atoms with van der Waals surface area (Å²) in [7, 11) is 3.20. The van der Waals surface area contributed by atoms with Crippen LogP contribution in [0.2, 0.25) is 0 Å². The van der Waals surface area contributed by atoms with Crippen LogP contribution in [-0.2, 0) is 16.0 Å². The number of carboxylic acid groups (broad SMARTS) is 1. The highest BCUT2D eigenvalue weighted by atomic mass is 16.7. The molecule has 0 spiro atoms. The minimum Gasteiger partial charge on any atom is -0.496 e. The lowest BCUT2D eigenvalue weighted by molar-refractivity contribution is -0.143. The number of ether oxygens (including phenoxy) is 4. The molecule has 2 aliphatic rings. The first-order valence-electron chi connectivity index (χ1n) is 14.8. The highest BCUT2D eigenvalue weighted by Crippen LogP contribution is 2.47. The molecule has 0 saturated carbocycles. The second kappa shape index (κ2) is 14.4. The lowest BCUT2D eigenvalue weighted by Crippen LogP contribution is -2.44. The largest absolute Gasteiger partial charge is 0.496 e. The summed E-state index contributed by atoms with van der Waals surface area (Å²) in [6, 6.07) is 11.2. The Morgan fingerprint density at radius 3 is 2.39 bits per heavy atom. The molecule has 4 rings (SSSR count). The van der Waals surface area contributed by atoms with Gasteiger partial charge in [-0.05, 0) is 55.0 Å². The van der Waals surface area contributed by atoms with Crippen molar-refractivity contribution in [3.8, 4) is 23.0 Å². The third-order valence-corrected chi connectivity index (χ3v) is 8.30. The number of amides is 1. The first kappa shape index (κ1) is 30.5. The normalized spacial score (nSPS) is 19.8. The number of hydrogen-bond acceptors (Lipinski definition) is 7. The highest BCUT2D eigenvalue weighted by molar-refractivity contribution is 5.79. The Hall–Kier alpha value is -3.46. The summed E-state index contributed by atoms with van der Waals surface area (Å²) in [6.45, 7) is 6.41. The molecule has 2 aromatic rings. The number of aliphatic carboxylic acids is 1. The molecule has 1 amide bonds. The van der Waals surface area contributed by atoms with E-state index in [0.717, 1.165) is 55.6 Å². The van der Waals surface area contributed by atoms with Crippen LogP contribution in [0.3, 0.4) is 0 Å². The van der Waals surface area contributed by atoms with Crippen LogP contribution in [0.5, 0.6) is 23.0 Å². The van der Waals surface area contributed by atoms with Crippen LogP contribution in [0.25, 0.3) is 0 Å². The van der Waals surface area contributed by atoms with Gasteiger partial charge in [0.05, 0.1) is 26.7 Å². The summed E-state index contributed by atoms with van der Waals surface area (Å²) in [4.78, 5) is 30.6. The van der Waals surface area contributed by atoms with Crippen molar-refractivity contribution in [2.45, 2.75) is 64.3 Å². The molecule has 2 heterocycles. The number of hydrogen-bond donors (Lipinski definition) is 1. The van der Waals surface area contributed by atoms with Crippen LogP contribution < -0.4 is 18.9 Å². The van der Waals surface area contributed by atoms with Gasteiger partial charge in [-0.1, -0.05) is 44.9 Å². The number of benzene rings is 2. The Labute approximate surface area is 243 Å². The minimum atomic E-state index is -0.875. The van der Waals surface area contributed by atoms with Gasteiger partial charge in [0.25, 0.3) is 0 Å². The number of aryl methyl sites for hydroxylation is 1. The molecule has 0 bridgehead atoms. The van der Waals surface area contributed by atoms with Gasteiger partial charge in [-0.2, -0.15) is 0 Å². The van der Waals surface area contributed by atoms with E-state index in [0.29, 0.717) is 36.6 Å². The molecule has 0 radical (unpaired) electrons. The van der Waals surface area contributed by atoms with E-state index in [9.17, 15) is 14.7 Å². The van der Waals surface area contributed by atoms with Gasteiger partial charge >= 0.3 is 5.97 Å². The number of carboxylic acids is 1. The first-order valence-corrected chi connectivity index (χ1v) is 14.8. The SMILES string of the molecule is CCCCN(CCCC)C(=O)CN1CC(c2cc(OC)c3c(c2)OCO3)C(C(=O)O)C1CCc1ccccc1OC. The van der Waals surface area contributed by atoms with E-state index in [4.69, 9.17) is 18.9 Å². The van der Waals surface area contributed by atoms with Gasteiger partial charge in [0, 0.05) is 31.6 Å². The zero-order valence-corrected chi connectivity index (χ0v) is 24.8. The molecular formula is C32H44N2O7. The average Bonchev–Trinajstić information content (AvgIpc) is 3.60. The van der Waals surface area contributed by atoms with Crippen LogP contribution in [0, 0.1) is 5.92 Å². The van der Waals surface area contributed by atoms with Crippen molar-refractivity contribution in [3.05, 3.63) is 47.5 Å². The second-order valence-electron chi connectivity index (χ2n) is 10.9. The van der Waals surface area contributed by atoms with Gasteiger partial charge < -0.3 is 29.0 Å². The standard InChI is InChI=1S/C32H44N2O7/c1-5-7-15-33(16-8-6-2)29(35)20-34-19-24(23-17-27(39-4)31-28(18-23)40-21-41-31)30(32(36)37)25(34)14-13-22-11-9-10-12-26(22)38-3/h9-12,17-18,24-25,30H,5-8,13-16,19-21H2,1-4H3,(H,36,37). The van der Waals surface area contributed by atoms with Gasteiger partial charge in [0.1, 0.15) is 5.75 Å². The molecule has 41 heavy (non-hydrogen) atoms. The van der Waals surface area contributed by atoms with E-state index in [2.05, 4.69) is 18.7 Å². The number of carbonyl (C=O) groups is 2. The fourth-order valence-corrected chi connectivity index (χ4v) is 6.10. The van der Waals surface area contributed by atoms with Crippen molar-refractivity contribution in [3.63, 3.8) is 0 Å². The number of carbonyl (C=O) groups excluding carboxylic acids is 1. The molecule has 1 saturated heterocycles. The maximum Gasteiger partial charge on any atom is 0.308 e. The van der Waals surface area contributed by atoms with Crippen LogP contribution in [0.4, 0.5) is 0 Å². The number of unbranched alkanes of at least 4 members (excludes halogenated alkanes) is 2. The lowest BCUT2D eigenvalue weighted by Gasteiger charge is -2.30. The zero-order chi connectivity index (χ0) is 29.4. The van der Waals surface area contributed by atoms with Crippen molar-refractivity contribution in [2.75, 3.05) is 47.2 Å². The molecule has 224 valence electrons. The summed E-state index contributed by atoms with van der Waals surface area (Å²) >= 11 is 0. The number of methoxy groups -OCH3 is 2. The quantitative estimate of drug-likeness (QED) is 0.322. The van der Waals surface area contributed by atoms with Crippen molar-refractivity contribution in [2.24, 2.45) is 5.92 Å². The van der Waals surface area contributed by atoms with E-state index in [1.807, 2.05) is 41.3 Å². The lowest BCUT2D eigenvalue weighted by atomic mass is 9.83. The van der Waals surface area contributed by atoms with E-state index >= 15 is 0 Å². The Bertz CT molecular complexity index is 1180. The average molecular weight is 569 g/mol. The van der Waals surface area contributed by atoms with E-state index in [1.165, 1.54) is 0 Å². The molecule has 1 N–H and O–H groups in total. The molecule has 3 unspecified atom stereocenters. The van der Waals surface area contributed by atoms with Crippen LogP contribution in [0.1, 0.15) is 63.0 Å². The predicted octanol–water partition coefficient (Wildman–Crippen LogP) is 4.96. The third kappa shape index (κ3) is 7.07. The molecule has 9 nitrogen and oxygen atoms in total. The molecule has 3 atom stereocenters. The van der Waals surface area contributed by atoms with Crippen LogP contribution >= 0.6 is 0 Å². The number of likely N-dealkylation sites (tertiary alicyclic amines) is 1. The fourth-order valence-electron chi connectivity index (χ4n) is 6.10. The van der Waals surface area contributed by atoms with E-state index in [1.54, 1.807) is 14.2 Å². The van der Waals surface area contributed by atoms with Gasteiger partial charge in [-0.3, -0.25) is 14.5 Å². The molecule has 0 aromatic heterocycles. The minimum absolute atomic E-state index is 0.0576. The van der Waals surface area contributed by atoms with Crippen molar-refractivity contribution in [1.29, 1.82) is 0 Å². The van der Waals surface area contributed by atoms with E-state index in [-0.39, 0.29) is 31.2 Å². The fraction of sp³-hybridized carbons (Fsp3) is 0.562. The summed E-state index contributed by atoms with van der Waals surface area (Å²) in [6.07, 6.45) is 5.13. The number of rotatable bonds is 15. The molecular weight excluding hydrogens is 524 g/mol. The maximum atomic E-state index is 13.7. The summed E-state index contributed by atoms with van der Waals surface area (Å²) in [5, 5.41) is 10.6. The molecule has 0 aliphatic carbocycles. The summed E-state index contributed by atoms with van der Waals surface area (Å²) < 4.78 is 22.4. The Kier molecular flexibility index (Phi) is 10.7. The Balaban J connectivity index is 1.66. The molecule has 9 heteroatoms. The van der Waals surface area contributed by atoms with Gasteiger partial charge in [-0.15, -0.1) is 0 Å². The number of para-hydroxylation sites is 1. The molecule has 2 aliphatic heterocycles. The maximum absolute atomic E-state index is 13.7. The van der Waals surface area contributed by atoms with Crippen LogP contribution in [0.15, 0.2) is 36.4 Å². The summed E-state index contributed by atoms with van der Waals surface area (Å²) in [5.74, 6) is 0.486. The Morgan fingerprint density at radius 1 is 1.02 bits per heavy atom. The monoisotopic (exact) mass is 568 g/mol. The topological polar surface area (TPSA) is 97.8 Å². The van der Waals surface area contributed by atoms with Crippen molar-refractivity contribution in [1.82, 2.24) is 9.80 Å². The molecule has 1 fully saturated rings. The first-order chi connectivity index (χ1) is 19.9. The highest BCUT2D eigenvalue weighted by Gasteiger charge is 2.47. The smallest absolute Gasteiger partial charge is 0.308 e. The molecule has 2 aromatic carbocycles. The van der Waals surface area contributed by atoms with Crippen molar-refractivity contribution >= 4 is 11.9 Å². The van der Waals surface area contributed by atoms with Gasteiger partial charge in [0.15, 0.2) is 11.5 Å². The van der Waals surface area contributed by atoms with Gasteiger partial charge in [0.2, 0.25) is 18.4 Å².